The van der Waals surface area contributed by atoms with Crippen LogP contribution in [0.4, 0.5) is 16.2 Å². The highest BCUT2D eigenvalue weighted by molar-refractivity contribution is 8.19. The molecule has 0 radical (unpaired) electrons. The van der Waals surface area contributed by atoms with Gasteiger partial charge in [0.25, 0.3) is 16.8 Å². The molecule has 1 aliphatic heterocycles. The summed E-state index contributed by atoms with van der Waals surface area (Å²) in [5.41, 5.74) is 0.488. The Labute approximate surface area is 145 Å². The maximum absolute atomic E-state index is 12.5. The third-order valence-corrected chi connectivity index (χ3v) is 4.38. The van der Waals surface area contributed by atoms with Gasteiger partial charge in [-0.15, -0.1) is 0 Å². The first kappa shape index (κ1) is 16.2. The second kappa shape index (κ2) is 6.46. The standard InChI is InChI=1S/C16H9ClN2O4S/c17-11-5-3-6-12(9-11)18-15(20)14(24-16(18)21)8-10-4-1-2-7-13(10)19(22)23/h1-9H/b14-8+. The molecule has 2 aromatic rings. The fraction of sp³-hybridized carbons (Fsp3) is 0. The number of anilines is 1. The number of benzene rings is 2. The summed E-state index contributed by atoms with van der Waals surface area (Å²) in [6, 6.07) is 12.4. The summed E-state index contributed by atoms with van der Waals surface area (Å²) in [6.07, 6.45) is 1.35. The van der Waals surface area contributed by atoms with Gasteiger partial charge in [-0.25, -0.2) is 4.90 Å². The van der Waals surface area contributed by atoms with E-state index in [1.54, 1.807) is 24.3 Å². The summed E-state index contributed by atoms with van der Waals surface area (Å²) in [5.74, 6) is -0.537. The summed E-state index contributed by atoms with van der Waals surface area (Å²) in [4.78, 5) is 36.3. The van der Waals surface area contributed by atoms with Crippen LogP contribution in [0.15, 0.2) is 53.4 Å². The molecule has 2 aromatic carbocycles. The summed E-state index contributed by atoms with van der Waals surface area (Å²) in [5, 5.41) is 11.0. The molecule has 0 spiro atoms. The lowest BCUT2D eigenvalue weighted by atomic mass is 10.1. The number of hydrogen-bond acceptors (Lipinski definition) is 5. The van der Waals surface area contributed by atoms with E-state index in [4.69, 9.17) is 11.6 Å². The Bertz CT molecular complexity index is 897. The van der Waals surface area contributed by atoms with E-state index in [9.17, 15) is 19.7 Å². The van der Waals surface area contributed by atoms with Crippen LogP contribution in [0.3, 0.4) is 0 Å². The number of halogens is 1. The van der Waals surface area contributed by atoms with Crippen LogP contribution >= 0.6 is 23.4 Å². The fourth-order valence-electron chi connectivity index (χ4n) is 2.22. The number of nitro groups is 1. The van der Waals surface area contributed by atoms with Crippen LogP contribution in [0.25, 0.3) is 6.08 Å². The first-order valence-electron chi connectivity index (χ1n) is 6.74. The molecule has 0 unspecified atom stereocenters. The summed E-state index contributed by atoms with van der Waals surface area (Å²) < 4.78 is 0. The van der Waals surface area contributed by atoms with Crippen LogP contribution in [0.1, 0.15) is 5.56 Å². The SMILES string of the molecule is O=C1S/C(=C/c2ccccc2[N+](=O)[O-])C(=O)N1c1cccc(Cl)c1. The number of amides is 2. The monoisotopic (exact) mass is 360 g/mol. The molecule has 1 heterocycles. The zero-order valence-corrected chi connectivity index (χ0v) is 13.6. The van der Waals surface area contributed by atoms with Crippen molar-refractivity contribution >= 4 is 52.0 Å². The third-order valence-electron chi connectivity index (χ3n) is 3.28. The molecule has 0 bridgehead atoms. The van der Waals surface area contributed by atoms with Gasteiger partial charge in [0, 0.05) is 11.1 Å². The number of para-hydroxylation sites is 1. The molecule has 3 rings (SSSR count). The minimum atomic E-state index is -0.537. The predicted molar refractivity (Wildman–Crippen MR) is 93.0 cm³/mol. The molecule has 1 fully saturated rings. The highest BCUT2D eigenvalue weighted by Crippen LogP contribution is 2.37. The molecule has 0 saturated carbocycles. The Morgan fingerprint density at radius 3 is 2.58 bits per heavy atom. The lowest BCUT2D eigenvalue weighted by molar-refractivity contribution is -0.385. The van der Waals surface area contributed by atoms with Gasteiger partial charge in [-0.05, 0) is 42.1 Å². The second-order valence-electron chi connectivity index (χ2n) is 4.81. The number of hydrogen-bond donors (Lipinski definition) is 0. The molecular formula is C16H9ClN2O4S. The van der Waals surface area contributed by atoms with E-state index in [2.05, 4.69) is 0 Å². The molecule has 8 heteroatoms. The van der Waals surface area contributed by atoms with Crippen LogP contribution < -0.4 is 4.90 Å². The highest BCUT2D eigenvalue weighted by Gasteiger charge is 2.36. The van der Waals surface area contributed by atoms with Crippen LogP contribution in [-0.4, -0.2) is 16.1 Å². The molecule has 120 valence electrons. The van der Waals surface area contributed by atoms with Gasteiger partial charge in [0.2, 0.25) is 0 Å². The maximum Gasteiger partial charge on any atom is 0.298 e. The first-order valence-corrected chi connectivity index (χ1v) is 7.94. The third kappa shape index (κ3) is 3.04. The molecule has 0 aliphatic carbocycles. The Kier molecular flexibility index (Phi) is 4.37. The summed E-state index contributed by atoms with van der Waals surface area (Å²) >= 11 is 6.63. The van der Waals surface area contributed by atoms with Crippen molar-refractivity contribution in [2.24, 2.45) is 0 Å². The Morgan fingerprint density at radius 1 is 1.12 bits per heavy atom. The molecule has 1 aliphatic rings. The van der Waals surface area contributed by atoms with Crippen molar-refractivity contribution in [1.29, 1.82) is 0 Å². The molecular weight excluding hydrogens is 352 g/mol. The minimum Gasteiger partial charge on any atom is -0.268 e. The lowest BCUT2D eigenvalue weighted by Crippen LogP contribution is -2.27. The van der Waals surface area contributed by atoms with Crippen molar-refractivity contribution in [3.8, 4) is 0 Å². The summed E-state index contributed by atoms with van der Waals surface area (Å²) in [7, 11) is 0. The Morgan fingerprint density at radius 2 is 1.88 bits per heavy atom. The van der Waals surface area contributed by atoms with E-state index in [0.29, 0.717) is 10.7 Å². The molecule has 0 N–H and O–H groups in total. The largest absolute Gasteiger partial charge is 0.298 e. The average molecular weight is 361 g/mol. The van der Waals surface area contributed by atoms with E-state index in [-0.39, 0.29) is 16.2 Å². The van der Waals surface area contributed by atoms with Crippen molar-refractivity contribution in [3.63, 3.8) is 0 Å². The first-order chi connectivity index (χ1) is 11.5. The second-order valence-corrected chi connectivity index (χ2v) is 6.24. The molecule has 1 saturated heterocycles. The number of carbonyl (C=O) groups excluding carboxylic acids is 2. The number of rotatable bonds is 3. The van der Waals surface area contributed by atoms with Crippen molar-refractivity contribution in [3.05, 3.63) is 74.1 Å². The van der Waals surface area contributed by atoms with Crippen molar-refractivity contribution in [1.82, 2.24) is 0 Å². The van der Waals surface area contributed by atoms with Gasteiger partial charge >= 0.3 is 0 Å². The molecule has 0 atom stereocenters. The maximum atomic E-state index is 12.5. The van der Waals surface area contributed by atoms with E-state index in [0.717, 1.165) is 16.7 Å². The average Bonchev–Trinajstić information content (AvgIpc) is 2.81. The van der Waals surface area contributed by atoms with E-state index in [1.165, 1.54) is 30.3 Å². The van der Waals surface area contributed by atoms with Crippen molar-refractivity contribution in [2.45, 2.75) is 0 Å². The number of nitrogens with zero attached hydrogens (tertiary/aromatic N) is 2. The molecule has 0 aromatic heterocycles. The van der Waals surface area contributed by atoms with Crippen LogP contribution in [0.2, 0.25) is 5.02 Å². The number of imide groups is 1. The van der Waals surface area contributed by atoms with E-state index < -0.39 is 16.1 Å². The fourth-order valence-corrected chi connectivity index (χ4v) is 3.24. The van der Waals surface area contributed by atoms with Gasteiger partial charge in [0.1, 0.15) is 0 Å². The molecule has 6 nitrogen and oxygen atoms in total. The van der Waals surface area contributed by atoms with Crippen molar-refractivity contribution in [2.75, 3.05) is 4.90 Å². The smallest absolute Gasteiger partial charge is 0.268 e. The molecule has 2 amide bonds. The van der Waals surface area contributed by atoms with Crippen LogP contribution in [0.5, 0.6) is 0 Å². The van der Waals surface area contributed by atoms with Crippen LogP contribution in [-0.2, 0) is 4.79 Å². The Balaban J connectivity index is 1.99. The topological polar surface area (TPSA) is 80.5 Å². The number of carbonyl (C=O) groups is 2. The van der Waals surface area contributed by atoms with E-state index >= 15 is 0 Å². The lowest BCUT2D eigenvalue weighted by Gasteiger charge is -2.12. The summed E-state index contributed by atoms with van der Waals surface area (Å²) in [6.45, 7) is 0. The van der Waals surface area contributed by atoms with Gasteiger partial charge in [0.15, 0.2) is 0 Å². The zero-order valence-electron chi connectivity index (χ0n) is 12.0. The number of nitro benzene ring substituents is 1. The van der Waals surface area contributed by atoms with Crippen LogP contribution in [0, 0.1) is 10.1 Å². The predicted octanol–water partition coefficient (Wildman–Crippen LogP) is 4.49. The highest BCUT2D eigenvalue weighted by atomic mass is 35.5. The minimum absolute atomic E-state index is 0.120. The van der Waals surface area contributed by atoms with Gasteiger partial charge in [-0.3, -0.25) is 19.7 Å². The Hall–Kier alpha value is -2.64. The van der Waals surface area contributed by atoms with Gasteiger partial charge in [-0.1, -0.05) is 29.8 Å². The molecule has 24 heavy (non-hydrogen) atoms. The van der Waals surface area contributed by atoms with E-state index in [1.807, 2.05) is 0 Å². The van der Waals surface area contributed by atoms with Gasteiger partial charge in [0.05, 0.1) is 21.1 Å². The van der Waals surface area contributed by atoms with Gasteiger partial charge < -0.3 is 0 Å². The normalized spacial score (nSPS) is 16.0. The van der Waals surface area contributed by atoms with Gasteiger partial charge in [-0.2, -0.15) is 0 Å². The zero-order chi connectivity index (χ0) is 17.3. The van der Waals surface area contributed by atoms with Crippen molar-refractivity contribution < 1.29 is 14.5 Å². The quantitative estimate of drug-likeness (QED) is 0.457. The number of thioether (sulfide) groups is 1.